The van der Waals surface area contributed by atoms with E-state index in [9.17, 15) is 0 Å². The van der Waals surface area contributed by atoms with E-state index in [1.165, 1.54) is 45.4 Å². The van der Waals surface area contributed by atoms with Gasteiger partial charge in [-0.25, -0.2) is 0 Å². The summed E-state index contributed by atoms with van der Waals surface area (Å²) in [7, 11) is 0. The Hall–Kier alpha value is -0.160. The van der Waals surface area contributed by atoms with E-state index in [-0.39, 0.29) is 0 Å². The van der Waals surface area contributed by atoms with Gasteiger partial charge >= 0.3 is 0 Å². The molecule has 2 atom stereocenters. The first-order valence-electron chi connectivity index (χ1n) is 7.19. The summed E-state index contributed by atoms with van der Waals surface area (Å²) in [6.07, 6.45) is 4.14. The SMILES string of the molecule is C1CN(CCN2CCC3CCC(C2)N3)CCO1. The third-order valence-electron chi connectivity index (χ3n) is 4.44. The molecule has 17 heavy (non-hydrogen) atoms. The summed E-state index contributed by atoms with van der Waals surface area (Å²) < 4.78 is 5.39. The van der Waals surface area contributed by atoms with Gasteiger partial charge in [0.2, 0.25) is 0 Å². The van der Waals surface area contributed by atoms with Crippen LogP contribution in [0.5, 0.6) is 0 Å². The third kappa shape index (κ3) is 3.19. The van der Waals surface area contributed by atoms with Gasteiger partial charge in [0.05, 0.1) is 13.2 Å². The molecule has 3 rings (SSSR count). The molecule has 3 aliphatic rings. The molecule has 1 N–H and O–H groups in total. The number of morpholine rings is 1. The molecule has 0 aromatic carbocycles. The first-order valence-corrected chi connectivity index (χ1v) is 7.19. The normalized spacial score (nSPS) is 36.0. The van der Waals surface area contributed by atoms with Crippen LogP contribution in [0.3, 0.4) is 0 Å². The van der Waals surface area contributed by atoms with Crippen molar-refractivity contribution >= 4 is 0 Å². The number of hydrogen-bond donors (Lipinski definition) is 1. The second-order valence-corrected chi connectivity index (χ2v) is 5.68. The first kappa shape index (κ1) is 11.9. The summed E-state index contributed by atoms with van der Waals surface area (Å²) >= 11 is 0. The Labute approximate surface area is 104 Å². The number of rotatable bonds is 3. The van der Waals surface area contributed by atoms with E-state index in [4.69, 9.17) is 4.74 Å². The molecule has 3 saturated heterocycles. The van der Waals surface area contributed by atoms with Crippen LogP contribution in [-0.2, 0) is 4.74 Å². The van der Waals surface area contributed by atoms with Gasteiger partial charge in [0.15, 0.2) is 0 Å². The maximum absolute atomic E-state index is 5.39. The summed E-state index contributed by atoms with van der Waals surface area (Å²) in [6, 6.07) is 1.58. The van der Waals surface area contributed by atoms with Crippen molar-refractivity contribution in [2.45, 2.75) is 31.3 Å². The molecule has 2 bridgehead atoms. The van der Waals surface area contributed by atoms with Crippen molar-refractivity contribution in [1.29, 1.82) is 0 Å². The average Bonchev–Trinajstić information content (AvgIpc) is 2.70. The van der Waals surface area contributed by atoms with Crippen LogP contribution in [-0.4, -0.2) is 74.4 Å². The van der Waals surface area contributed by atoms with Crippen LogP contribution in [0.2, 0.25) is 0 Å². The van der Waals surface area contributed by atoms with Crippen LogP contribution in [0, 0.1) is 0 Å². The quantitative estimate of drug-likeness (QED) is 0.758. The van der Waals surface area contributed by atoms with Crippen LogP contribution in [0.25, 0.3) is 0 Å². The molecule has 2 unspecified atom stereocenters. The molecule has 3 heterocycles. The minimum atomic E-state index is 0.771. The predicted molar refractivity (Wildman–Crippen MR) is 68.3 cm³/mol. The molecule has 3 aliphatic heterocycles. The highest BCUT2D eigenvalue weighted by Gasteiger charge is 2.29. The lowest BCUT2D eigenvalue weighted by Crippen LogP contribution is -2.43. The fraction of sp³-hybridized carbons (Fsp3) is 1.00. The van der Waals surface area contributed by atoms with E-state index in [2.05, 4.69) is 15.1 Å². The molecule has 0 aliphatic carbocycles. The standard InChI is InChI=1S/C13H25N3O/c1-2-13-11-16(4-3-12(1)14-13)6-5-15-7-9-17-10-8-15/h12-14H,1-11H2. The van der Waals surface area contributed by atoms with Crippen molar-refractivity contribution < 1.29 is 4.74 Å². The van der Waals surface area contributed by atoms with Gasteiger partial charge in [-0.3, -0.25) is 4.90 Å². The fourth-order valence-electron chi connectivity index (χ4n) is 3.33. The highest BCUT2D eigenvalue weighted by Crippen LogP contribution is 2.20. The summed E-state index contributed by atoms with van der Waals surface area (Å²) in [5, 5.41) is 3.75. The first-order chi connectivity index (χ1) is 8.40. The zero-order valence-corrected chi connectivity index (χ0v) is 10.7. The Bertz CT molecular complexity index is 243. The van der Waals surface area contributed by atoms with Crippen LogP contribution in [0.1, 0.15) is 19.3 Å². The summed E-state index contributed by atoms with van der Waals surface area (Å²) in [5.41, 5.74) is 0. The topological polar surface area (TPSA) is 27.7 Å². The highest BCUT2D eigenvalue weighted by molar-refractivity contribution is 4.89. The summed E-state index contributed by atoms with van der Waals surface area (Å²) in [5.74, 6) is 0. The predicted octanol–water partition coefficient (Wildman–Crippen LogP) is 0.145. The Balaban J connectivity index is 1.42. The molecule has 0 saturated carbocycles. The number of likely N-dealkylation sites (tertiary alicyclic amines) is 1. The third-order valence-corrected chi connectivity index (χ3v) is 4.44. The van der Waals surface area contributed by atoms with Gasteiger partial charge in [-0.1, -0.05) is 0 Å². The smallest absolute Gasteiger partial charge is 0.0594 e. The average molecular weight is 239 g/mol. The van der Waals surface area contributed by atoms with Gasteiger partial charge < -0.3 is 15.0 Å². The second kappa shape index (κ2) is 5.65. The van der Waals surface area contributed by atoms with Gasteiger partial charge in [-0.2, -0.15) is 0 Å². The molecular weight excluding hydrogens is 214 g/mol. The zero-order valence-electron chi connectivity index (χ0n) is 10.7. The van der Waals surface area contributed by atoms with E-state index >= 15 is 0 Å². The molecule has 3 fully saturated rings. The maximum Gasteiger partial charge on any atom is 0.0594 e. The Morgan fingerprint density at radius 3 is 2.53 bits per heavy atom. The number of hydrogen-bond acceptors (Lipinski definition) is 4. The minimum Gasteiger partial charge on any atom is -0.379 e. The monoisotopic (exact) mass is 239 g/mol. The lowest BCUT2D eigenvalue weighted by molar-refractivity contribution is 0.0331. The summed E-state index contributed by atoms with van der Waals surface area (Å²) in [6.45, 7) is 9.11. The largest absolute Gasteiger partial charge is 0.379 e. The molecule has 0 spiro atoms. The van der Waals surface area contributed by atoms with Crippen molar-refractivity contribution in [2.24, 2.45) is 0 Å². The molecule has 0 amide bonds. The van der Waals surface area contributed by atoms with Gasteiger partial charge in [0.25, 0.3) is 0 Å². The van der Waals surface area contributed by atoms with Crippen molar-refractivity contribution in [2.75, 3.05) is 52.5 Å². The van der Waals surface area contributed by atoms with E-state index in [1.54, 1.807) is 0 Å². The van der Waals surface area contributed by atoms with Gasteiger partial charge in [0.1, 0.15) is 0 Å². The molecule has 98 valence electrons. The van der Waals surface area contributed by atoms with Crippen molar-refractivity contribution in [3.05, 3.63) is 0 Å². The number of nitrogens with one attached hydrogen (secondary N) is 1. The number of ether oxygens (including phenoxy) is 1. The molecule has 4 heteroatoms. The second-order valence-electron chi connectivity index (χ2n) is 5.68. The van der Waals surface area contributed by atoms with E-state index in [0.717, 1.165) is 38.4 Å². The van der Waals surface area contributed by atoms with E-state index in [0.29, 0.717) is 0 Å². The van der Waals surface area contributed by atoms with Crippen molar-refractivity contribution in [1.82, 2.24) is 15.1 Å². The Morgan fingerprint density at radius 1 is 0.882 bits per heavy atom. The molecular formula is C13H25N3O. The van der Waals surface area contributed by atoms with Crippen LogP contribution in [0.15, 0.2) is 0 Å². The van der Waals surface area contributed by atoms with Crippen LogP contribution < -0.4 is 5.32 Å². The van der Waals surface area contributed by atoms with Gasteiger partial charge in [-0.15, -0.1) is 0 Å². The Morgan fingerprint density at radius 2 is 1.65 bits per heavy atom. The Kier molecular flexibility index (Phi) is 3.96. The van der Waals surface area contributed by atoms with E-state index in [1.807, 2.05) is 0 Å². The highest BCUT2D eigenvalue weighted by atomic mass is 16.5. The van der Waals surface area contributed by atoms with Gasteiger partial charge in [0, 0.05) is 44.8 Å². The fourth-order valence-corrected chi connectivity index (χ4v) is 3.33. The molecule has 0 aromatic rings. The lowest BCUT2D eigenvalue weighted by atomic mass is 10.1. The number of nitrogens with zero attached hydrogens (tertiary/aromatic N) is 2. The zero-order chi connectivity index (χ0) is 11.5. The van der Waals surface area contributed by atoms with Crippen molar-refractivity contribution in [3.63, 3.8) is 0 Å². The number of fused-ring (bicyclic) bond motifs is 2. The van der Waals surface area contributed by atoms with Crippen molar-refractivity contribution in [3.8, 4) is 0 Å². The minimum absolute atomic E-state index is 0.771. The van der Waals surface area contributed by atoms with E-state index < -0.39 is 0 Å². The lowest BCUT2D eigenvalue weighted by Gasteiger charge is -2.30. The van der Waals surface area contributed by atoms with Gasteiger partial charge in [-0.05, 0) is 25.8 Å². The molecule has 0 aromatic heterocycles. The molecule has 4 nitrogen and oxygen atoms in total. The summed E-state index contributed by atoms with van der Waals surface area (Å²) in [4.78, 5) is 5.20. The molecule has 0 radical (unpaired) electrons. The van der Waals surface area contributed by atoms with Crippen LogP contribution >= 0.6 is 0 Å². The van der Waals surface area contributed by atoms with Crippen LogP contribution in [0.4, 0.5) is 0 Å². The maximum atomic E-state index is 5.39.